The summed E-state index contributed by atoms with van der Waals surface area (Å²) in [4.78, 5) is 2.37. The van der Waals surface area contributed by atoms with E-state index in [1.54, 1.807) is 19.2 Å². The first-order valence-corrected chi connectivity index (χ1v) is 7.86. The van der Waals surface area contributed by atoms with Gasteiger partial charge in [-0.25, -0.2) is 8.78 Å². The van der Waals surface area contributed by atoms with Crippen LogP contribution in [0.2, 0.25) is 0 Å². The number of hydrogen-bond donors (Lipinski definition) is 1. The zero-order valence-corrected chi connectivity index (χ0v) is 13.6. The van der Waals surface area contributed by atoms with E-state index in [0.717, 1.165) is 38.5 Å². The van der Waals surface area contributed by atoms with Crippen molar-refractivity contribution in [2.75, 3.05) is 26.7 Å². The minimum absolute atomic E-state index is 0.160. The molecule has 4 heteroatoms. The molecule has 1 rings (SSSR count). The fourth-order valence-electron chi connectivity index (χ4n) is 2.50. The molecule has 0 aliphatic rings. The van der Waals surface area contributed by atoms with E-state index in [-0.39, 0.29) is 6.04 Å². The summed E-state index contributed by atoms with van der Waals surface area (Å²) in [7, 11) is 1.79. The summed E-state index contributed by atoms with van der Waals surface area (Å²) < 4.78 is 27.2. The number of rotatable bonds is 9. The van der Waals surface area contributed by atoms with Gasteiger partial charge in [-0.3, -0.25) is 0 Å². The van der Waals surface area contributed by atoms with Crippen LogP contribution in [0.15, 0.2) is 18.2 Å². The van der Waals surface area contributed by atoms with Crippen LogP contribution in [0.25, 0.3) is 0 Å². The Morgan fingerprint density at radius 2 is 1.95 bits per heavy atom. The van der Waals surface area contributed by atoms with Gasteiger partial charge in [0.05, 0.1) is 0 Å². The monoisotopic (exact) mass is 298 g/mol. The van der Waals surface area contributed by atoms with Crippen LogP contribution in [0.1, 0.15) is 45.2 Å². The van der Waals surface area contributed by atoms with Gasteiger partial charge in [-0.05, 0) is 38.5 Å². The molecule has 1 aromatic rings. The van der Waals surface area contributed by atoms with Gasteiger partial charge < -0.3 is 10.2 Å². The van der Waals surface area contributed by atoms with Crippen molar-refractivity contribution in [3.05, 3.63) is 35.4 Å². The third-order valence-electron chi connectivity index (χ3n) is 4.15. The lowest BCUT2D eigenvalue weighted by Gasteiger charge is -2.26. The highest BCUT2D eigenvalue weighted by Gasteiger charge is 2.18. The van der Waals surface area contributed by atoms with E-state index in [4.69, 9.17) is 0 Å². The molecule has 1 N–H and O–H groups in total. The third kappa shape index (κ3) is 5.36. The average molecular weight is 298 g/mol. The Labute approximate surface area is 127 Å². The minimum Gasteiger partial charge on any atom is -0.313 e. The molecule has 2 unspecified atom stereocenters. The zero-order valence-electron chi connectivity index (χ0n) is 13.6. The molecule has 0 radical (unpaired) electrons. The maximum Gasteiger partial charge on any atom is 0.163 e. The predicted octanol–water partition coefficient (Wildman–Crippen LogP) is 3.98. The number of nitrogens with one attached hydrogen (secondary N) is 1. The zero-order chi connectivity index (χ0) is 15.8. The summed E-state index contributed by atoms with van der Waals surface area (Å²) in [6.45, 7) is 9.48. The van der Waals surface area contributed by atoms with Crippen LogP contribution >= 0.6 is 0 Å². The van der Waals surface area contributed by atoms with Gasteiger partial charge in [-0.15, -0.1) is 0 Å². The van der Waals surface area contributed by atoms with E-state index in [2.05, 4.69) is 31.0 Å². The van der Waals surface area contributed by atoms with Gasteiger partial charge >= 0.3 is 0 Å². The molecule has 0 spiro atoms. The molecule has 1 aromatic carbocycles. The first-order valence-electron chi connectivity index (χ1n) is 7.86. The van der Waals surface area contributed by atoms with Crippen LogP contribution in [-0.4, -0.2) is 31.6 Å². The smallest absolute Gasteiger partial charge is 0.163 e. The van der Waals surface area contributed by atoms with Gasteiger partial charge in [-0.2, -0.15) is 0 Å². The van der Waals surface area contributed by atoms with E-state index in [9.17, 15) is 8.78 Å². The molecule has 0 amide bonds. The summed E-state index contributed by atoms with van der Waals surface area (Å²) in [5.41, 5.74) is 0.414. The fraction of sp³-hybridized carbons (Fsp3) is 0.647. The lowest BCUT2D eigenvalue weighted by molar-refractivity contribution is 0.233. The van der Waals surface area contributed by atoms with Crippen molar-refractivity contribution >= 4 is 0 Å². The average Bonchev–Trinajstić information content (AvgIpc) is 2.50. The summed E-state index contributed by atoms with van der Waals surface area (Å²) in [5.74, 6) is -0.856. The highest BCUT2D eigenvalue weighted by molar-refractivity contribution is 5.22. The topological polar surface area (TPSA) is 15.3 Å². The molecule has 0 aliphatic heterocycles. The van der Waals surface area contributed by atoms with Crippen molar-refractivity contribution < 1.29 is 8.78 Å². The van der Waals surface area contributed by atoms with Gasteiger partial charge in [0, 0.05) is 18.2 Å². The van der Waals surface area contributed by atoms with Crippen molar-refractivity contribution in [2.24, 2.45) is 5.92 Å². The molecule has 0 bridgehead atoms. The maximum atomic E-state index is 13.9. The molecule has 21 heavy (non-hydrogen) atoms. The summed E-state index contributed by atoms with van der Waals surface area (Å²) >= 11 is 0. The lowest BCUT2D eigenvalue weighted by atomic mass is 10.0. The predicted molar refractivity (Wildman–Crippen MR) is 84.3 cm³/mol. The van der Waals surface area contributed by atoms with Crippen LogP contribution in [-0.2, 0) is 0 Å². The molecule has 0 heterocycles. The SMILES string of the molecule is CCC(C)CN(CC)CCC(NC)c1cccc(F)c1F. The van der Waals surface area contributed by atoms with Crippen LogP contribution in [0.3, 0.4) is 0 Å². The van der Waals surface area contributed by atoms with Crippen LogP contribution < -0.4 is 5.32 Å². The Kier molecular flexibility index (Phi) is 7.83. The van der Waals surface area contributed by atoms with Gasteiger partial charge in [-0.1, -0.05) is 39.3 Å². The Morgan fingerprint density at radius 1 is 1.24 bits per heavy atom. The molecule has 2 nitrogen and oxygen atoms in total. The molecule has 0 saturated heterocycles. The molecular weight excluding hydrogens is 270 g/mol. The second-order valence-electron chi connectivity index (χ2n) is 5.68. The summed E-state index contributed by atoms with van der Waals surface area (Å²) in [6, 6.07) is 4.22. The molecular formula is C17H28F2N2. The van der Waals surface area contributed by atoms with E-state index < -0.39 is 11.6 Å². The van der Waals surface area contributed by atoms with Gasteiger partial charge in [0.1, 0.15) is 0 Å². The first-order chi connectivity index (χ1) is 10.0. The number of benzene rings is 1. The lowest BCUT2D eigenvalue weighted by Crippen LogP contribution is -2.32. The highest BCUT2D eigenvalue weighted by Crippen LogP contribution is 2.22. The van der Waals surface area contributed by atoms with E-state index in [1.165, 1.54) is 0 Å². The molecule has 120 valence electrons. The van der Waals surface area contributed by atoms with Crippen molar-refractivity contribution in [2.45, 2.75) is 39.7 Å². The molecule has 0 saturated carbocycles. The number of hydrogen-bond acceptors (Lipinski definition) is 2. The van der Waals surface area contributed by atoms with Crippen molar-refractivity contribution in [3.8, 4) is 0 Å². The Morgan fingerprint density at radius 3 is 2.52 bits per heavy atom. The summed E-state index contributed by atoms with van der Waals surface area (Å²) in [6.07, 6.45) is 1.92. The van der Waals surface area contributed by atoms with E-state index >= 15 is 0 Å². The number of nitrogens with zero attached hydrogens (tertiary/aromatic N) is 1. The maximum absolute atomic E-state index is 13.9. The van der Waals surface area contributed by atoms with Gasteiger partial charge in [0.2, 0.25) is 0 Å². The highest BCUT2D eigenvalue weighted by atomic mass is 19.2. The van der Waals surface area contributed by atoms with Crippen LogP contribution in [0, 0.1) is 17.6 Å². The normalized spacial score (nSPS) is 14.4. The largest absolute Gasteiger partial charge is 0.313 e. The standard InChI is InChI=1S/C17H28F2N2/c1-5-13(3)12-21(6-2)11-10-16(20-4)14-8-7-9-15(18)17(14)19/h7-9,13,16,20H,5-6,10-12H2,1-4H3. The van der Waals surface area contributed by atoms with Crippen LogP contribution in [0.4, 0.5) is 8.78 Å². The van der Waals surface area contributed by atoms with E-state index in [0.29, 0.717) is 11.5 Å². The molecule has 2 atom stereocenters. The minimum atomic E-state index is -0.778. The quantitative estimate of drug-likeness (QED) is 0.742. The van der Waals surface area contributed by atoms with Crippen molar-refractivity contribution in [1.82, 2.24) is 10.2 Å². The fourth-order valence-corrected chi connectivity index (χ4v) is 2.50. The Hall–Kier alpha value is -1.00. The first kappa shape index (κ1) is 18.1. The Bertz CT molecular complexity index is 423. The van der Waals surface area contributed by atoms with E-state index in [1.807, 2.05) is 0 Å². The summed E-state index contributed by atoms with van der Waals surface area (Å²) in [5, 5.41) is 3.10. The second-order valence-corrected chi connectivity index (χ2v) is 5.68. The van der Waals surface area contributed by atoms with Gasteiger partial charge in [0.15, 0.2) is 11.6 Å². The van der Waals surface area contributed by atoms with Crippen LogP contribution in [0.5, 0.6) is 0 Å². The molecule has 0 aromatic heterocycles. The van der Waals surface area contributed by atoms with Crippen molar-refractivity contribution in [3.63, 3.8) is 0 Å². The van der Waals surface area contributed by atoms with Gasteiger partial charge in [0.25, 0.3) is 0 Å². The Balaban J connectivity index is 2.67. The molecule has 0 aliphatic carbocycles. The molecule has 0 fully saturated rings. The third-order valence-corrected chi connectivity index (χ3v) is 4.15. The number of halogens is 2. The van der Waals surface area contributed by atoms with Crippen molar-refractivity contribution in [1.29, 1.82) is 0 Å². The second kappa shape index (κ2) is 9.11.